The van der Waals surface area contributed by atoms with Gasteiger partial charge in [-0.05, 0) is 176 Å². The average Bonchev–Trinajstić information content (AvgIpc) is 1.93. The molecule has 1 unspecified atom stereocenters. The number of rotatable bonds is 10. The SMILES string of the molecule is C=C1/C=C\C=C/Cc2ccccc2C1(c1ccccc1)c1cc(C)c(N(c2ccccc2)c2ccc3ccc4c(N(c5ccccc5)c5c(C)cc(C6(c7ccccc7)c7ccccc7-c7ccccc76)cc5C)ccc5ccc2c3c54)c(C)c1. The van der Waals surface area contributed by atoms with Crippen LogP contribution in [0, 0.1) is 27.7 Å². The molecule has 0 spiro atoms. The van der Waals surface area contributed by atoms with Gasteiger partial charge in [-0.2, -0.15) is 0 Å². The minimum absolute atomic E-state index is 0.507. The molecule has 85 heavy (non-hydrogen) atoms. The van der Waals surface area contributed by atoms with E-state index in [1.807, 2.05) is 0 Å². The number of allylic oxidation sites excluding steroid dienone is 5. The molecule has 2 nitrogen and oxygen atoms in total. The molecule has 0 radical (unpaired) electrons. The van der Waals surface area contributed by atoms with Gasteiger partial charge in [0.1, 0.15) is 0 Å². The van der Waals surface area contributed by atoms with E-state index in [-0.39, 0.29) is 0 Å². The lowest BCUT2D eigenvalue weighted by Crippen LogP contribution is -2.32. The second-order valence-corrected chi connectivity index (χ2v) is 23.3. The minimum atomic E-state index is -0.651. The van der Waals surface area contributed by atoms with Gasteiger partial charge in [0.2, 0.25) is 0 Å². The van der Waals surface area contributed by atoms with E-state index in [2.05, 4.69) is 329 Å². The Bertz CT molecular complexity index is 4710. The molecule has 0 fully saturated rings. The van der Waals surface area contributed by atoms with E-state index in [9.17, 15) is 0 Å². The fraction of sp³-hybridized carbons (Fsp3) is 0.0843. The smallest absolute Gasteiger partial charge is 0.0713 e. The van der Waals surface area contributed by atoms with Gasteiger partial charge in [0, 0.05) is 22.1 Å². The molecule has 13 aromatic rings. The number of anilines is 6. The number of benzene rings is 13. The Morgan fingerprint density at radius 1 is 0.353 bits per heavy atom. The highest BCUT2D eigenvalue weighted by Gasteiger charge is 2.47. The Morgan fingerprint density at radius 3 is 1.22 bits per heavy atom. The number of para-hydroxylation sites is 2. The maximum Gasteiger partial charge on any atom is 0.0713 e. The molecule has 0 heterocycles. The zero-order valence-electron chi connectivity index (χ0n) is 48.5. The lowest BCUT2D eigenvalue weighted by molar-refractivity contribution is 0.735. The molecule has 1 atom stereocenters. The van der Waals surface area contributed by atoms with Crippen LogP contribution in [0.3, 0.4) is 0 Å². The summed E-state index contributed by atoms with van der Waals surface area (Å²) in [5.74, 6) is 0. The number of hydrogen-bond donors (Lipinski definition) is 0. The minimum Gasteiger partial charge on any atom is -0.309 e. The van der Waals surface area contributed by atoms with Crippen molar-refractivity contribution in [3.05, 3.63) is 370 Å². The van der Waals surface area contributed by atoms with Crippen molar-refractivity contribution in [2.75, 3.05) is 9.80 Å². The summed E-state index contributed by atoms with van der Waals surface area (Å²) in [4.78, 5) is 5.04. The van der Waals surface area contributed by atoms with Gasteiger partial charge in [0.25, 0.3) is 0 Å². The van der Waals surface area contributed by atoms with Gasteiger partial charge < -0.3 is 9.80 Å². The van der Waals surface area contributed by atoms with E-state index in [4.69, 9.17) is 6.58 Å². The molecule has 0 aliphatic heterocycles. The molecule has 15 rings (SSSR count). The van der Waals surface area contributed by atoms with Crippen LogP contribution in [0.25, 0.3) is 43.4 Å². The third-order valence-electron chi connectivity index (χ3n) is 18.6. The molecular weight excluding hydrogens is 1020 g/mol. The van der Waals surface area contributed by atoms with E-state index < -0.39 is 10.8 Å². The van der Waals surface area contributed by atoms with Crippen molar-refractivity contribution in [1.29, 1.82) is 0 Å². The highest BCUT2D eigenvalue weighted by atomic mass is 15.2. The lowest BCUT2D eigenvalue weighted by atomic mass is 9.63. The normalized spacial score (nSPS) is 15.8. The molecule has 0 aromatic heterocycles. The molecule has 0 amide bonds. The molecule has 2 heteroatoms. The Morgan fingerprint density at radius 2 is 0.741 bits per heavy atom. The maximum atomic E-state index is 4.92. The Kier molecular flexibility index (Phi) is 12.5. The second kappa shape index (κ2) is 20.6. The van der Waals surface area contributed by atoms with Crippen molar-refractivity contribution < 1.29 is 0 Å². The van der Waals surface area contributed by atoms with Crippen LogP contribution in [0.1, 0.15) is 66.8 Å². The third-order valence-corrected chi connectivity index (χ3v) is 18.6. The van der Waals surface area contributed by atoms with Crippen molar-refractivity contribution in [2.45, 2.75) is 44.9 Å². The van der Waals surface area contributed by atoms with E-state index in [0.717, 1.165) is 40.4 Å². The largest absolute Gasteiger partial charge is 0.309 e. The quantitative estimate of drug-likeness (QED) is 0.126. The van der Waals surface area contributed by atoms with E-state index in [1.54, 1.807) is 0 Å². The first-order valence-corrected chi connectivity index (χ1v) is 29.8. The molecular formula is C83H64N2. The van der Waals surface area contributed by atoms with Crippen molar-refractivity contribution in [2.24, 2.45) is 0 Å². The van der Waals surface area contributed by atoms with Gasteiger partial charge in [-0.25, -0.2) is 0 Å². The average molecular weight is 1090 g/mol. The van der Waals surface area contributed by atoms with Crippen molar-refractivity contribution >= 4 is 66.4 Å². The Labute approximate surface area is 499 Å². The molecule has 13 aromatic carbocycles. The number of hydrogen-bond acceptors (Lipinski definition) is 2. The van der Waals surface area contributed by atoms with E-state index in [1.165, 1.54) is 116 Å². The Balaban J connectivity index is 0.921. The van der Waals surface area contributed by atoms with Gasteiger partial charge in [-0.3, -0.25) is 0 Å². The molecule has 0 saturated carbocycles. The van der Waals surface area contributed by atoms with Gasteiger partial charge >= 0.3 is 0 Å². The summed E-state index contributed by atoms with van der Waals surface area (Å²) in [5, 5.41) is 7.33. The van der Waals surface area contributed by atoms with E-state index in [0.29, 0.717) is 0 Å². The zero-order chi connectivity index (χ0) is 57.4. The maximum absolute atomic E-state index is 4.92. The van der Waals surface area contributed by atoms with Gasteiger partial charge in [-0.15, -0.1) is 0 Å². The van der Waals surface area contributed by atoms with Crippen LogP contribution in [0.15, 0.2) is 303 Å². The van der Waals surface area contributed by atoms with Crippen LogP contribution >= 0.6 is 0 Å². The highest BCUT2D eigenvalue weighted by Crippen LogP contribution is 2.58. The molecule has 2 aliphatic carbocycles. The van der Waals surface area contributed by atoms with Gasteiger partial charge in [0.15, 0.2) is 0 Å². The molecule has 0 N–H and O–H groups in total. The first-order chi connectivity index (χ1) is 41.8. The number of fused-ring (bicyclic) bond motifs is 4. The lowest BCUT2D eigenvalue weighted by Gasteiger charge is -2.39. The fourth-order valence-corrected chi connectivity index (χ4v) is 15.2. The van der Waals surface area contributed by atoms with Crippen molar-refractivity contribution in [3.63, 3.8) is 0 Å². The summed E-state index contributed by atoms with van der Waals surface area (Å²) in [7, 11) is 0. The monoisotopic (exact) mass is 1090 g/mol. The number of nitrogens with zero attached hydrogens (tertiary/aromatic N) is 2. The van der Waals surface area contributed by atoms with Crippen LogP contribution < -0.4 is 9.80 Å². The zero-order valence-corrected chi connectivity index (χ0v) is 48.5. The van der Waals surface area contributed by atoms with Crippen LogP contribution in [0.5, 0.6) is 0 Å². The third kappa shape index (κ3) is 7.93. The van der Waals surface area contributed by atoms with Crippen LogP contribution in [-0.2, 0) is 17.3 Å². The molecule has 2 aliphatic rings. The molecule has 0 saturated heterocycles. The summed E-state index contributed by atoms with van der Waals surface area (Å²) >= 11 is 0. The Hall–Kier alpha value is -10.3. The summed E-state index contributed by atoms with van der Waals surface area (Å²) in [6.07, 6.45) is 9.61. The van der Waals surface area contributed by atoms with Crippen LogP contribution in [0.4, 0.5) is 34.1 Å². The summed E-state index contributed by atoms with van der Waals surface area (Å²) in [5.41, 5.74) is 24.2. The first kappa shape index (κ1) is 51.6. The summed E-state index contributed by atoms with van der Waals surface area (Å²) < 4.78 is 0. The predicted octanol–water partition coefficient (Wildman–Crippen LogP) is 21.7. The topological polar surface area (TPSA) is 6.48 Å². The van der Waals surface area contributed by atoms with E-state index >= 15 is 0 Å². The van der Waals surface area contributed by atoms with Crippen molar-refractivity contribution in [1.82, 2.24) is 0 Å². The number of aryl methyl sites for hydroxylation is 4. The fourth-order valence-electron chi connectivity index (χ4n) is 15.2. The molecule has 0 bridgehead atoms. The standard InChI is InChI=1S/C83H64N2/c1-55-51-65(82(63-30-13-7-14-31-63)59(5)27-11-6-12-28-60-29-21-24-40-73(60)82)52-56(2)80(55)84(67-34-17-9-18-35-67)76-49-45-61-44-48-72-77(50-46-62-43-47-71(76)78(61)79(62)72)85(68-36-19-10-20-37-68)81-57(3)53-66(54-58(81)4)83(64-32-15-8-16-33-64)74-41-25-22-38-69(74)70-39-23-26-42-75(70)83/h6-27,29-54H,5,28H2,1-4H3/b12-6-,27-11-. The highest BCUT2D eigenvalue weighted by molar-refractivity contribution is 6.28. The van der Waals surface area contributed by atoms with Gasteiger partial charge in [0.05, 0.1) is 33.6 Å². The first-order valence-electron chi connectivity index (χ1n) is 29.8. The molecule has 406 valence electrons. The van der Waals surface area contributed by atoms with Crippen LogP contribution in [-0.4, -0.2) is 0 Å². The summed E-state index contributed by atoms with van der Waals surface area (Å²) in [6, 6.07) is 99.7. The predicted molar refractivity (Wildman–Crippen MR) is 360 cm³/mol. The van der Waals surface area contributed by atoms with Gasteiger partial charge in [-0.1, -0.05) is 261 Å². The summed E-state index contributed by atoms with van der Waals surface area (Å²) in [6.45, 7) is 14.1. The second-order valence-electron chi connectivity index (χ2n) is 23.3. The van der Waals surface area contributed by atoms with Crippen molar-refractivity contribution in [3.8, 4) is 11.1 Å². The van der Waals surface area contributed by atoms with Crippen LogP contribution in [0.2, 0.25) is 0 Å².